The van der Waals surface area contributed by atoms with Crippen LogP contribution in [0.5, 0.6) is 0 Å². The summed E-state index contributed by atoms with van der Waals surface area (Å²) in [5.74, 6) is -0.722. The predicted molar refractivity (Wildman–Crippen MR) is 135 cm³/mol. The van der Waals surface area contributed by atoms with Crippen LogP contribution < -0.4 is 5.73 Å². The van der Waals surface area contributed by atoms with Gasteiger partial charge >= 0.3 is 6.18 Å². The number of alkyl halides is 3. The van der Waals surface area contributed by atoms with Crippen LogP contribution in [0.15, 0.2) is 30.5 Å². The van der Waals surface area contributed by atoms with Crippen LogP contribution in [0.3, 0.4) is 0 Å². The number of aliphatic hydroxyl groups is 1. The first kappa shape index (κ1) is 28.6. The lowest BCUT2D eigenvalue weighted by atomic mass is 9.75. The fraction of sp³-hybridized carbons (Fsp3) is 0.577. The number of carbonyl (C=O) groups excluding carboxylic acids is 1. The van der Waals surface area contributed by atoms with E-state index in [-0.39, 0.29) is 18.4 Å². The Kier molecular flexibility index (Phi) is 8.58. The Hall–Kier alpha value is -2.38. The molecule has 208 valence electrons. The number of nitrogens with two attached hydrogens (primary N) is 1. The minimum absolute atomic E-state index is 0.0364. The van der Waals surface area contributed by atoms with E-state index in [4.69, 9.17) is 20.7 Å². The summed E-state index contributed by atoms with van der Waals surface area (Å²) in [6.45, 7) is 2.22. The Balaban J connectivity index is 1.42. The third-order valence-electron chi connectivity index (χ3n) is 7.44. The zero-order valence-corrected chi connectivity index (χ0v) is 22.1. The van der Waals surface area contributed by atoms with E-state index in [0.717, 1.165) is 22.0 Å². The average molecular weight is 555 g/mol. The molecule has 1 aromatic carbocycles. The van der Waals surface area contributed by atoms with Crippen molar-refractivity contribution in [1.29, 1.82) is 5.41 Å². The van der Waals surface area contributed by atoms with Crippen molar-refractivity contribution in [2.75, 3.05) is 7.11 Å². The van der Waals surface area contributed by atoms with Crippen LogP contribution in [0.25, 0.3) is 0 Å². The SMILES string of the molecule is COCc1ncc(C2(O)CCC(C(=N)C[C@@H](C)N3OC(C(N)=O)CC3c3cccc(C(F)(F)F)c3)CC2)s1. The second kappa shape index (κ2) is 11.4. The van der Waals surface area contributed by atoms with E-state index < -0.39 is 35.4 Å². The summed E-state index contributed by atoms with van der Waals surface area (Å²) in [7, 11) is 1.59. The molecule has 38 heavy (non-hydrogen) atoms. The smallest absolute Gasteiger partial charge is 0.384 e. The number of thiazole rings is 1. The molecule has 4 rings (SSSR count). The number of methoxy groups -OCH3 is 1. The number of benzene rings is 1. The Morgan fingerprint density at radius 2 is 2.11 bits per heavy atom. The molecule has 12 heteroatoms. The zero-order chi connectivity index (χ0) is 27.7. The summed E-state index contributed by atoms with van der Waals surface area (Å²) in [6.07, 6.45) is -1.07. The third kappa shape index (κ3) is 6.26. The molecule has 0 spiro atoms. The summed E-state index contributed by atoms with van der Waals surface area (Å²) in [4.78, 5) is 22.8. The van der Waals surface area contributed by atoms with Crippen molar-refractivity contribution in [2.45, 2.75) is 82.0 Å². The number of hydroxylamine groups is 2. The second-order valence-electron chi connectivity index (χ2n) is 10.2. The molecule has 4 N–H and O–H groups in total. The molecule has 3 atom stereocenters. The van der Waals surface area contributed by atoms with E-state index >= 15 is 0 Å². The predicted octanol–water partition coefficient (Wildman–Crippen LogP) is 4.72. The number of nitrogens with zero attached hydrogens (tertiary/aromatic N) is 2. The van der Waals surface area contributed by atoms with Gasteiger partial charge < -0.3 is 21.0 Å². The van der Waals surface area contributed by atoms with E-state index in [1.165, 1.54) is 22.5 Å². The monoisotopic (exact) mass is 554 g/mol. The number of hydrogen-bond donors (Lipinski definition) is 3. The van der Waals surface area contributed by atoms with Crippen LogP contribution in [0.4, 0.5) is 13.2 Å². The summed E-state index contributed by atoms with van der Waals surface area (Å²) in [6, 6.07) is 4.00. The molecule has 1 aliphatic carbocycles. The Labute approximate surface area is 223 Å². The third-order valence-corrected chi connectivity index (χ3v) is 8.61. The minimum atomic E-state index is -4.50. The first-order valence-electron chi connectivity index (χ1n) is 12.6. The molecule has 2 unspecified atom stereocenters. The maximum atomic E-state index is 13.3. The Morgan fingerprint density at radius 1 is 1.39 bits per heavy atom. The minimum Gasteiger partial charge on any atom is -0.384 e. The normalized spacial score (nSPS) is 27.4. The molecule has 1 amide bonds. The van der Waals surface area contributed by atoms with Gasteiger partial charge in [0.05, 0.1) is 23.1 Å². The van der Waals surface area contributed by atoms with Gasteiger partial charge in [-0.05, 0) is 56.2 Å². The Morgan fingerprint density at radius 3 is 2.74 bits per heavy atom. The fourth-order valence-corrected chi connectivity index (χ4v) is 6.37. The van der Waals surface area contributed by atoms with Crippen molar-refractivity contribution in [2.24, 2.45) is 11.7 Å². The Bertz CT molecular complexity index is 1150. The number of hydrogen-bond acceptors (Lipinski definition) is 8. The molecule has 2 heterocycles. The first-order chi connectivity index (χ1) is 17.9. The van der Waals surface area contributed by atoms with E-state index in [0.29, 0.717) is 50.0 Å². The number of rotatable bonds is 9. The van der Waals surface area contributed by atoms with Crippen molar-refractivity contribution in [3.63, 3.8) is 0 Å². The molecular formula is C26H33F3N4O4S. The number of nitrogens with one attached hydrogen (secondary N) is 1. The van der Waals surface area contributed by atoms with Gasteiger partial charge in [-0.25, -0.2) is 4.98 Å². The topological polar surface area (TPSA) is 122 Å². The molecule has 8 nitrogen and oxygen atoms in total. The lowest BCUT2D eigenvalue weighted by Crippen LogP contribution is -2.38. The van der Waals surface area contributed by atoms with Gasteiger partial charge in [0.25, 0.3) is 0 Å². The average Bonchev–Trinajstić information content (AvgIpc) is 3.53. The van der Waals surface area contributed by atoms with Gasteiger partial charge in [0.2, 0.25) is 5.91 Å². The maximum Gasteiger partial charge on any atom is 0.416 e. The second-order valence-corrected chi connectivity index (χ2v) is 11.3. The number of halogens is 3. The van der Waals surface area contributed by atoms with Crippen molar-refractivity contribution in [3.05, 3.63) is 51.5 Å². The first-order valence-corrected chi connectivity index (χ1v) is 13.4. The fourth-order valence-electron chi connectivity index (χ4n) is 5.34. The van der Waals surface area contributed by atoms with Crippen LogP contribution in [0.2, 0.25) is 0 Å². The lowest BCUT2D eigenvalue weighted by Gasteiger charge is -2.36. The van der Waals surface area contributed by atoms with Crippen LogP contribution in [0, 0.1) is 11.3 Å². The molecule has 1 saturated carbocycles. The highest BCUT2D eigenvalue weighted by Gasteiger charge is 2.42. The van der Waals surface area contributed by atoms with Crippen LogP contribution in [0.1, 0.15) is 72.5 Å². The highest BCUT2D eigenvalue weighted by Crippen LogP contribution is 2.43. The van der Waals surface area contributed by atoms with Crippen LogP contribution in [-0.4, -0.2) is 46.0 Å². The summed E-state index contributed by atoms with van der Waals surface area (Å²) < 4.78 is 45.1. The van der Waals surface area contributed by atoms with Crippen molar-refractivity contribution < 1.29 is 32.6 Å². The summed E-state index contributed by atoms with van der Waals surface area (Å²) in [5, 5.41) is 22.3. The van der Waals surface area contributed by atoms with Gasteiger partial charge in [-0.3, -0.25) is 9.63 Å². The van der Waals surface area contributed by atoms with Crippen molar-refractivity contribution in [1.82, 2.24) is 10.0 Å². The van der Waals surface area contributed by atoms with Gasteiger partial charge in [0.1, 0.15) is 10.6 Å². The number of ether oxygens (including phenoxy) is 1. The molecule has 1 aromatic heterocycles. The molecule has 2 fully saturated rings. The summed E-state index contributed by atoms with van der Waals surface area (Å²) >= 11 is 1.43. The quantitative estimate of drug-likeness (QED) is 0.386. The maximum absolute atomic E-state index is 13.3. The van der Waals surface area contributed by atoms with Crippen molar-refractivity contribution >= 4 is 23.0 Å². The number of primary amides is 1. The van der Waals surface area contributed by atoms with E-state index in [1.54, 1.807) is 19.4 Å². The zero-order valence-electron chi connectivity index (χ0n) is 21.3. The number of amides is 1. The molecule has 0 radical (unpaired) electrons. The molecule has 2 aliphatic rings. The molecule has 1 aliphatic heterocycles. The standard InChI is InChI=1S/C26H33F3N4O4S/c1-15(10-19(30)16-6-8-25(35,9-7-16)22-13-32-23(38-22)14-36-2)33-20(12-21(37-33)24(31)34)17-4-3-5-18(11-17)26(27,28)29/h3-5,11,13,15-16,20-21,30,35H,6-10,12,14H2,1-2H3,(H2,31,34)/t15-,16?,20?,21?,25?/m1/s1. The van der Waals surface area contributed by atoms with Gasteiger partial charge in [-0.1, -0.05) is 12.1 Å². The largest absolute Gasteiger partial charge is 0.416 e. The molecule has 2 aromatic rings. The van der Waals surface area contributed by atoms with E-state index in [2.05, 4.69) is 4.98 Å². The lowest BCUT2D eigenvalue weighted by molar-refractivity contribution is -0.189. The highest BCUT2D eigenvalue weighted by molar-refractivity contribution is 7.11. The van der Waals surface area contributed by atoms with Gasteiger partial charge in [0.15, 0.2) is 6.10 Å². The molecule has 1 saturated heterocycles. The molecular weight excluding hydrogens is 521 g/mol. The van der Waals surface area contributed by atoms with E-state index in [9.17, 15) is 23.1 Å². The van der Waals surface area contributed by atoms with Crippen LogP contribution in [-0.2, 0) is 32.8 Å². The molecule has 0 bridgehead atoms. The van der Waals surface area contributed by atoms with E-state index in [1.807, 2.05) is 6.92 Å². The van der Waals surface area contributed by atoms with Gasteiger partial charge in [0, 0.05) is 37.9 Å². The summed E-state index contributed by atoms with van der Waals surface area (Å²) in [5.41, 5.74) is 4.57. The van der Waals surface area contributed by atoms with Crippen LogP contribution >= 0.6 is 11.3 Å². The number of aromatic nitrogens is 1. The van der Waals surface area contributed by atoms with Gasteiger partial charge in [-0.2, -0.15) is 18.2 Å². The number of carbonyl (C=O) groups is 1. The highest BCUT2D eigenvalue weighted by atomic mass is 32.1. The van der Waals surface area contributed by atoms with Crippen molar-refractivity contribution in [3.8, 4) is 0 Å². The van der Waals surface area contributed by atoms with Gasteiger partial charge in [-0.15, -0.1) is 11.3 Å².